The van der Waals surface area contributed by atoms with E-state index in [0.29, 0.717) is 0 Å². The van der Waals surface area contributed by atoms with Gasteiger partial charge < -0.3 is 9.97 Å². The zero-order valence-corrected chi connectivity index (χ0v) is 43.8. The van der Waals surface area contributed by atoms with E-state index < -0.39 is 32.3 Å². The molecule has 9 rings (SSSR count). The summed E-state index contributed by atoms with van der Waals surface area (Å²) in [4.78, 5) is 18.8. The van der Waals surface area contributed by atoms with Gasteiger partial charge in [0.1, 0.15) is 0 Å². The van der Waals surface area contributed by atoms with Crippen molar-refractivity contribution in [1.82, 2.24) is 15.0 Å². The Bertz CT molecular complexity index is 2720. The van der Waals surface area contributed by atoms with Crippen LogP contribution in [-0.4, -0.2) is 53.5 Å². The third kappa shape index (κ3) is 8.52. The van der Waals surface area contributed by atoms with Gasteiger partial charge in [-0.25, -0.2) is 4.98 Å². The fourth-order valence-corrected chi connectivity index (χ4v) is 13.7. The van der Waals surface area contributed by atoms with E-state index in [1.165, 1.54) is 20.7 Å². The first kappa shape index (κ1) is 43.6. The molecule has 0 unspecified atom stereocenters. The number of aliphatic imine (C=N–C) groups is 1. The molecule has 64 heavy (non-hydrogen) atoms. The van der Waals surface area contributed by atoms with Gasteiger partial charge in [0.25, 0.3) is 0 Å². The standard InChI is InChI=1S/C56H62N4Si4/c1-61(2,3)42-21-13-37(14-22-42)53-41-35-52(57-36-41)56(40-19-27-45(28-20-40)64(10,11)12)51-34-33-50(60-51)55(39-17-25-44(26-18-39)63(7,8)9)49-32-31-48(59-49)54(47-30-29-46(53)58-47)38-15-23-43(24-16-38)62(4,5)6/h13-36,58,60H,1-12H3. The lowest BCUT2D eigenvalue weighted by Crippen LogP contribution is -2.37. The van der Waals surface area contributed by atoms with Gasteiger partial charge in [0.15, 0.2) is 0 Å². The van der Waals surface area contributed by atoms with Crippen molar-refractivity contribution in [3.05, 3.63) is 144 Å². The van der Waals surface area contributed by atoms with E-state index >= 15 is 0 Å². The van der Waals surface area contributed by atoms with Crippen LogP contribution in [0, 0.1) is 0 Å². The van der Waals surface area contributed by atoms with Crippen LogP contribution >= 0.6 is 0 Å². The predicted molar refractivity (Wildman–Crippen MR) is 293 cm³/mol. The Hall–Kier alpha value is -5.65. The fourth-order valence-electron chi connectivity index (χ4n) is 9.00. The summed E-state index contributed by atoms with van der Waals surface area (Å²) < 4.78 is 0. The molecule has 322 valence electrons. The Labute approximate surface area is 384 Å². The molecule has 5 heterocycles. The topological polar surface area (TPSA) is 56.8 Å². The Morgan fingerprint density at radius 3 is 0.984 bits per heavy atom. The zero-order chi connectivity index (χ0) is 45.3. The molecule has 8 heteroatoms. The van der Waals surface area contributed by atoms with E-state index in [9.17, 15) is 0 Å². The number of nitrogens with zero attached hydrogens (tertiary/aromatic N) is 2. The molecule has 2 N–H and O–H groups in total. The highest BCUT2D eigenvalue weighted by Gasteiger charge is 2.23. The number of rotatable bonds is 8. The lowest BCUT2D eigenvalue weighted by Gasteiger charge is -2.17. The monoisotopic (exact) mass is 902 g/mol. The molecule has 2 aliphatic heterocycles. The average molecular weight is 903 g/mol. The summed E-state index contributed by atoms with van der Waals surface area (Å²) in [6.45, 7) is 28.9. The minimum atomic E-state index is -1.52. The quantitative estimate of drug-likeness (QED) is 0.147. The molecule has 0 aliphatic carbocycles. The fraction of sp³-hybridized carbons (Fsp3) is 0.214. The second kappa shape index (κ2) is 16.1. The van der Waals surface area contributed by atoms with Crippen LogP contribution in [0.25, 0.3) is 78.7 Å². The lowest BCUT2D eigenvalue weighted by molar-refractivity contribution is 1.32. The first-order chi connectivity index (χ1) is 30.2. The molecule has 0 atom stereocenters. The van der Waals surface area contributed by atoms with Crippen molar-refractivity contribution in [2.45, 2.75) is 78.6 Å². The van der Waals surface area contributed by atoms with Crippen LogP contribution in [0.2, 0.25) is 78.6 Å². The summed E-state index contributed by atoms with van der Waals surface area (Å²) in [5.74, 6) is 0. The van der Waals surface area contributed by atoms with Crippen molar-refractivity contribution in [1.29, 1.82) is 0 Å². The van der Waals surface area contributed by atoms with Crippen molar-refractivity contribution in [2.24, 2.45) is 4.99 Å². The van der Waals surface area contributed by atoms with Crippen LogP contribution < -0.4 is 20.7 Å². The maximum absolute atomic E-state index is 5.58. The summed E-state index contributed by atoms with van der Waals surface area (Å²) in [7, 11) is -6.08. The van der Waals surface area contributed by atoms with Gasteiger partial charge in [0, 0.05) is 56.1 Å². The zero-order valence-electron chi connectivity index (χ0n) is 39.8. The van der Waals surface area contributed by atoms with Crippen LogP contribution in [0.1, 0.15) is 17.0 Å². The number of aromatic amines is 2. The normalized spacial score (nSPS) is 13.2. The molecule has 0 amide bonds. The maximum atomic E-state index is 5.58. The first-order valence-corrected chi connectivity index (χ1v) is 36.8. The van der Waals surface area contributed by atoms with Crippen molar-refractivity contribution in [3.8, 4) is 44.5 Å². The third-order valence-corrected chi connectivity index (χ3v) is 21.2. The van der Waals surface area contributed by atoms with Crippen molar-refractivity contribution in [3.63, 3.8) is 0 Å². The van der Waals surface area contributed by atoms with Gasteiger partial charge in [-0.2, -0.15) is 0 Å². The van der Waals surface area contributed by atoms with Crippen molar-refractivity contribution in [2.75, 3.05) is 0 Å². The van der Waals surface area contributed by atoms with Crippen molar-refractivity contribution >= 4 is 99.2 Å². The summed E-state index contributed by atoms with van der Waals surface area (Å²) in [5, 5.41) is 5.75. The van der Waals surface area contributed by atoms with Gasteiger partial charge in [0.05, 0.1) is 49.4 Å². The molecule has 7 aromatic rings. The number of H-pyrrole nitrogens is 2. The second-order valence-electron chi connectivity index (χ2n) is 21.8. The number of hydrogen-bond acceptors (Lipinski definition) is 2. The van der Waals surface area contributed by atoms with Crippen LogP contribution in [0.4, 0.5) is 5.69 Å². The van der Waals surface area contributed by atoms with Gasteiger partial charge in [-0.1, -0.05) is 196 Å². The van der Waals surface area contributed by atoms with Gasteiger partial charge in [-0.05, 0) is 64.7 Å². The minimum Gasteiger partial charge on any atom is -0.354 e. The highest BCUT2D eigenvalue weighted by atomic mass is 28.3. The van der Waals surface area contributed by atoms with Gasteiger partial charge in [-0.15, -0.1) is 0 Å². The Balaban J connectivity index is 1.42. The SMILES string of the molecule is C[Si](C)(C)c1ccc(-c2c3cc(c(-c4ccc([Si](C)(C)C)cc4)c4ccc([nH]4)c(-c4ccc([Si](C)(C)C)cc4)c4nc(c(-c5ccc([Si](C)(C)C)cc5)c5ccc2[nH]5)C=C4)N=C3)cc1. The van der Waals surface area contributed by atoms with Crippen LogP contribution in [0.15, 0.2) is 132 Å². The molecule has 0 radical (unpaired) electrons. The van der Waals surface area contributed by atoms with Crippen LogP contribution in [-0.2, 0) is 0 Å². The highest BCUT2D eigenvalue weighted by molar-refractivity contribution is 6.90. The first-order valence-electron chi connectivity index (χ1n) is 22.8. The number of hydrogen-bond donors (Lipinski definition) is 2. The maximum Gasteiger partial charge on any atom is 0.0775 e. The van der Waals surface area contributed by atoms with E-state index in [1.54, 1.807) is 0 Å². The predicted octanol–water partition coefficient (Wildman–Crippen LogP) is 13.7. The molecule has 8 bridgehead atoms. The molecule has 0 saturated heterocycles. The second-order valence-corrected chi connectivity index (χ2v) is 42.1. The Kier molecular flexibility index (Phi) is 11.0. The summed E-state index contributed by atoms with van der Waals surface area (Å²) in [6, 6.07) is 48.3. The molecule has 0 spiro atoms. The molecular formula is C56H62N4Si4. The molecule has 2 aliphatic rings. The van der Waals surface area contributed by atoms with E-state index in [-0.39, 0.29) is 0 Å². The molecular weight excluding hydrogens is 841 g/mol. The number of nitrogens with one attached hydrogen (secondary N) is 2. The third-order valence-electron chi connectivity index (χ3n) is 12.9. The Morgan fingerprint density at radius 1 is 0.344 bits per heavy atom. The smallest absolute Gasteiger partial charge is 0.0775 e. The van der Waals surface area contributed by atoms with E-state index in [1.807, 2.05) is 0 Å². The minimum absolute atomic E-state index is 0.934. The van der Waals surface area contributed by atoms with E-state index in [0.717, 1.165) is 89.2 Å². The lowest BCUT2D eigenvalue weighted by atomic mass is 10.0. The molecule has 0 fully saturated rings. The van der Waals surface area contributed by atoms with Gasteiger partial charge in [-0.3, -0.25) is 4.99 Å². The molecule has 3 aromatic heterocycles. The number of fused-ring (bicyclic) bond motifs is 8. The number of benzene rings is 4. The number of aromatic nitrogens is 3. The van der Waals surface area contributed by atoms with E-state index in [2.05, 4.69) is 234 Å². The van der Waals surface area contributed by atoms with Gasteiger partial charge >= 0.3 is 0 Å². The Morgan fingerprint density at radius 2 is 0.641 bits per heavy atom. The van der Waals surface area contributed by atoms with Crippen LogP contribution in [0.5, 0.6) is 0 Å². The molecule has 4 nitrogen and oxygen atoms in total. The van der Waals surface area contributed by atoms with Crippen LogP contribution in [0.3, 0.4) is 0 Å². The summed E-state index contributed by atoms with van der Waals surface area (Å²) >= 11 is 0. The summed E-state index contributed by atoms with van der Waals surface area (Å²) in [6.07, 6.45) is 6.48. The molecule has 0 saturated carbocycles. The van der Waals surface area contributed by atoms with E-state index in [4.69, 9.17) is 9.98 Å². The average Bonchev–Trinajstić information content (AvgIpc) is 4.08. The summed E-state index contributed by atoms with van der Waals surface area (Å²) in [5.41, 5.74) is 16.9. The van der Waals surface area contributed by atoms with Gasteiger partial charge in [0.2, 0.25) is 0 Å². The molecule has 4 aromatic carbocycles. The van der Waals surface area contributed by atoms with Crippen molar-refractivity contribution < 1.29 is 0 Å². The largest absolute Gasteiger partial charge is 0.354 e. The highest BCUT2D eigenvalue weighted by Crippen LogP contribution is 2.40.